The Labute approximate surface area is 257 Å². The summed E-state index contributed by atoms with van der Waals surface area (Å²) in [5.74, 6) is 0.621. The van der Waals surface area contributed by atoms with E-state index in [2.05, 4.69) is 53.6 Å². The molecule has 5 aromatic carbocycles. The van der Waals surface area contributed by atoms with Gasteiger partial charge in [-0.15, -0.1) is 0 Å². The van der Waals surface area contributed by atoms with E-state index in [4.69, 9.17) is 9.47 Å². The summed E-state index contributed by atoms with van der Waals surface area (Å²) in [5, 5.41) is 10.2. The lowest BCUT2D eigenvalue weighted by molar-refractivity contribution is 0.0510. The molecule has 1 atom stereocenters. The average Bonchev–Trinajstić information content (AvgIpc) is 3.02. The summed E-state index contributed by atoms with van der Waals surface area (Å²) in [6, 6.07) is 34.0. The van der Waals surface area contributed by atoms with Crippen molar-refractivity contribution >= 4 is 63.4 Å². The van der Waals surface area contributed by atoms with Crippen LogP contribution in [-0.4, -0.2) is 44.7 Å². The van der Waals surface area contributed by atoms with Gasteiger partial charge in [0, 0.05) is 31.2 Å². The summed E-state index contributed by atoms with van der Waals surface area (Å²) in [6.07, 6.45) is -0.638. The number of amides is 2. The zero-order chi connectivity index (χ0) is 30.2. The monoisotopic (exact) mass is 593 g/mol. The van der Waals surface area contributed by atoms with Gasteiger partial charge in [0.2, 0.25) is 0 Å². The fourth-order valence-corrected chi connectivity index (χ4v) is 5.19. The average molecular weight is 594 g/mol. The highest BCUT2D eigenvalue weighted by atomic mass is 32.1. The standard InChI is InChI=1S/C35H35N3O4S/c1-38(2)29-19-17-28(18-20-29)36-34(39)41-23-30(10-7-21-43)42-35(40)37-27-15-13-24(14-16-27)33-31-11-5-3-8-25(31)22-26-9-4-6-12-32(26)33/h3-6,8-9,11-20,22,30,43H,7,10,21,23H2,1-2H3,(H,36,39)(H,37,40). The molecule has 8 heteroatoms. The summed E-state index contributed by atoms with van der Waals surface area (Å²) in [4.78, 5) is 27.2. The molecule has 0 aliphatic rings. The minimum Gasteiger partial charge on any atom is -0.445 e. The molecule has 1 unspecified atom stereocenters. The third-order valence-corrected chi connectivity index (χ3v) is 7.50. The van der Waals surface area contributed by atoms with Crippen molar-refractivity contribution in [1.29, 1.82) is 0 Å². The molecule has 0 spiro atoms. The molecule has 0 bridgehead atoms. The van der Waals surface area contributed by atoms with Crippen LogP contribution in [0.4, 0.5) is 26.7 Å². The lowest BCUT2D eigenvalue weighted by Gasteiger charge is -2.18. The van der Waals surface area contributed by atoms with E-state index < -0.39 is 18.3 Å². The predicted octanol–water partition coefficient (Wildman–Crippen LogP) is 8.60. The number of hydrogen-bond donors (Lipinski definition) is 3. The van der Waals surface area contributed by atoms with Crippen LogP contribution in [0.3, 0.4) is 0 Å². The zero-order valence-corrected chi connectivity index (χ0v) is 25.1. The number of hydrogen-bond acceptors (Lipinski definition) is 6. The molecule has 5 aromatic rings. The highest BCUT2D eigenvalue weighted by molar-refractivity contribution is 7.80. The number of thiol groups is 1. The zero-order valence-electron chi connectivity index (χ0n) is 24.2. The van der Waals surface area contributed by atoms with Crippen LogP contribution >= 0.6 is 12.6 Å². The number of anilines is 3. The van der Waals surface area contributed by atoms with Gasteiger partial charge in [0.05, 0.1) is 0 Å². The van der Waals surface area contributed by atoms with Crippen LogP contribution in [0.5, 0.6) is 0 Å². The largest absolute Gasteiger partial charge is 0.445 e. The molecule has 0 radical (unpaired) electrons. The van der Waals surface area contributed by atoms with Crippen LogP contribution in [0.25, 0.3) is 32.7 Å². The summed E-state index contributed by atoms with van der Waals surface area (Å²) >= 11 is 4.27. The Hall–Kier alpha value is -4.69. The molecule has 5 rings (SSSR count). The Balaban J connectivity index is 1.22. The molecule has 0 aliphatic carbocycles. The minimum atomic E-state index is -0.617. The molecule has 0 aliphatic heterocycles. The SMILES string of the molecule is CN(C)c1ccc(NC(=O)OCC(CCCS)OC(=O)Nc2ccc(-c3c4ccccc4cc4ccccc34)cc2)cc1. The third kappa shape index (κ3) is 7.59. The van der Waals surface area contributed by atoms with Crippen molar-refractivity contribution in [1.82, 2.24) is 0 Å². The topological polar surface area (TPSA) is 79.9 Å². The predicted molar refractivity (Wildman–Crippen MR) is 180 cm³/mol. The van der Waals surface area contributed by atoms with E-state index in [0.717, 1.165) is 16.8 Å². The number of fused-ring (bicyclic) bond motifs is 2. The van der Waals surface area contributed by atoms with Gasteiger partial charge in [0.15, 0.2) is 0 Å². The molecule has 0 heterocycles. The van der Waals surface area contributed by atoms with Crippen molar-refractivity contribution in [3.05, 3.63) is 103 Å². The Morgan fingerprint density at radius 2 is 1.33 bits per heavy atom. The molecule has 2 amide bonds. The molecule has 2 N–H and O–H groups in total. The van der Waals surface area contributed by atoms with Crippen molar-refractivity contribution < 1.29 is 19.1 Å². The fraction of sp³-hybridized carbons (Fsp3) is 0.200. The second-order valence-electron chi connectivity index (χ2n) is 10.5. The normalized spacial score (nSPS) is 11.6. The lowest BCUT2D eigenvalue weighted by atomic mass is 9.92. The van der Waals surface area contributed by atoms with Crippen LogP contribution < -0.4 is 15.5 Å². The number of rotatable bonds is 10. The summed E-state index contributed by atoms with van der Waals surface area (Å²) < 4.78 is 11.0. The van der Waals surface area contributed by atoms with Gasteiger partial charge in [-0.1, -0.05) is 60.7 Å². The second kappa shape index (κ2) is 14.0. The van der Waals surface area contributed by atoms with Crippen LogP contribution in [0, 0.1) is 0 Å². The maximum Gasteiger partial charge on any atom is 0.412 e. The van der Waals surface area contributed by atoms with Gasteiger partial charge in [-0.25, -0.2) is 9.59 Å². The summed E-state index contributed by atoms with van der Waals surface area (Å²) in [5.41, 5.74) is 4.43. The molecule has 0 aromatic heterocycles. The van der Waals surface area contributed by atoms with E-state index in [1.54, 1.807) is 12.1 Å². The molecular formula is C35H35N3O4S. The van der Waals surface area contributed by atoms with Gasteiger partial charge in [-0.3, -0.25) is 10.6 Å². The number of nitrogens with zero attached hydrogens (tertiary/aromatic N) is 1. The molecule has 7 nitrogen and oxygen atoms in total. The van der Waals surface area contributed by atoms with Gasteiger partial charge >= 0.3 is 12.2 Å². The van der Waals surface area contributed by atoms with Gasteiger partial charge in [-0.05, 0) is 93.7 Å². The maximum absolute atomic E-state index is 12.8. The molecular weight excluding hydrogens is 558 g/mol. The number of ether oxygens (including phenoxy) is 2. The lowest BCUT2D eigenvalue weighted by Crippen LogP contribution is -2.29. The fourth-order valence-electron chi connectivity index (χ4n) is 5.00. The first kappa shape index (κ1) is 29.8. The van der Waals surface area contributed by atoms with Crippen LogP contribution in [0.1, 0.15) is 12.8 Å². The number of carbonyl (C=O) groups excluding carboxylic acids is 2. The van der Waals surface area contributed by atoms with Gasteiger partial charge < -0.3 is 14.4 Å². The first-order chi connectivity index (χ1) is 20.9. The van der Waals surface area contributed by atoms with E-state index in [1.165, 1.54) is 21.5 Å². The Morgan fingerprint density at radius 3 is 1.91 bits per heavy atom. The van der Waals surface area contributed by atoms with E-state index in [1.807, 2.05) is 79.7 Å². The molecule has 0 saturated heterocycles. The Bertz CT molecular complexity index is 1650. The highest BCUT2D eigenvalue weighted by Crippen LogP contribution is 2.36. The molecule has 43 heavy (non-hydrogen) atoms. The van der Waals surface area contributed by atoms with Gasteiger partial charge in [0.1, 0.15) is 12.7 Å². The number of nitrogens with one attached hydrogen (secondary N) is 2. The van der Waals surface area contributed by atoms with Crippen molar-refractivity contribution in [2.24, 2.45) is 0 Å². The Kier molecular flexibility index (Phi) is 9.69. The Morgan fingerprint density at radius 1 is 0.767 bits per heavy atom. The van der Waals surface area contributed by atoms with Crippen LogP contribution in [0.2, 0.25) is 0 Å². The van der Waals surface area contributed by atoms with E-state index in [0.29, 0.717) is 30.0 Å². The van der Waals surface area contributed by atoms with Crippen molar-refractivity contribution in [2.45, 2.75) is 18.9 Å². The first-order valence-electron chi connectivity index (χ1n) is 14.2. The molecule has 220 valence electrons. The molecule has 0 saturated carbocycles. The van der Waals surface area contributed by atoms with E-state index >= 15 is 0 Å². The number of benzene rings is 5. The second-order valence-corrected chi connectivity index (χ2v) is 10.9. The summed E-state index contributed by atoms with van der Waals surface area (Å²) in [7, 11) is 3.89. The third-order valence-electron chi connectivity index (χ3n) is 7.18. The highest BCUT2D eigenvalue weighted by Gasteiger charge is 2.18. The van der Waals surface area contributed by atoms with E-state index in [-0.39, 0.29) is 6.61 Å². The van der Waals surface area contributed by atoms with Crippen molar-refractivity contribution in [3.63, 3.8) is 0 Å². The molecule has 0 fully saturated rings. The van der Waals surface area contributed by atoms with Crippen molar-refractivity contribution in [3.8, 4) is 11.1 Å². The number of carbonyl (C=O) groups is 2. The van der Waals surface area contributed by atoms with Crippen LogP contribution in [-0.2, 0) is 9.47 Å². The summed E-state index contributed by atoms with van der Waals surface area (Å²) in [6.45, 7) is -0.0735. The minimum absolute atomic E-state index is 0.0735. The smallest absolute Gasteiger partial charge is 0.412 e. The van der Waals surface area contributed by atoms with Crippen LogP contribution in [0.15, 0.2) is 103 Å². The first-order valence-corrected chi connectivity index (χ1v) is 14.8. The van der Waals surface area contributed by atoms with Crippen molar-refractivity contribution in [2.75, 3.05) is 42.0 Å². The van der Waals surface area contributed by atoms with Gasteiger partial charge in [-0.2, -0.15) is 12.6 Å². The van der Waals surface area contributed by atoms with E-state index in [9.17, 15) is 9.59 Å². The van der Waals surface area contributed by atoms with Gasteiger partial charge in [0.25, 0.3) is 0 Å². The quantitative estimate of drug-likeness (QED) is 0.112. The maximum atomic E-state index is 12.8.